The zero-order valence-corrected chi connectivity index (χ0v) is 19.3. The van der Waals surface area contributed by atoms with E-state index in [1.165, 1.54) is 11.1 Å². The molecule has 0 aromatic rings. The van der Waals surface area contributed by atoms with Crippen molar-refractivity contribution in [3.63, 3.8) is 0 Å². The third kappa shape index (κ3) is 3.23. The first-order chi connectivity index (χ1) is 14.0. The Balaban J connectivity index is 1.74. The van der Waals surface area contributed by atoms with E-state index in [9.17, 15) is 9.90 Å². The lowest BCUT2D eigenvalue weighted by atomic mass is 9.66. The number of aliphatic hydroxyl groups is 1. The quantitative estimate of drug-likeness (QED) is 0.661. The molecule has 0 aromatic heterocycles. The lowest BCUT2D eigenvalue weighted by Gasteiger charge is -2.39. The molecule has 1 heterocycles. The van der Waals surface area contributed by atoms with Crippen LogP contribution in [0.25, 0.3) is 0 Å². The van der Waals surface area contributed by atoms with Gasteiger partial charge in [0.1, 0.15) is 0 Å². The second-order valence-electron chi connectivity index (χ2n) is 10.8. The highest BCUT2D eigenvalue weighted by molar-refractivity contribution is 5.98. The second kappa shape index (κ2) is 7.20. The molecule has 0 aromatic carbocycles. The van der Waals surface area contributed by atoms with Crippen LogP contribution in [0.5, 0.6) is 0 Å². The molecule has 1 aliphatic heterocycles. The molecular formula is C26H37NO3. The maximum Gasteiger partial charge on any atom is 0.249 e. The van der Waals surface area contributed by atoms with Gasteiger partial charge >= 0.3 is 0 Å². The van der Waals surface area contributed by atoms with E-state index in [1.54, 1.807) is 7.11 Å². The average molecular weight is 412 g/mol. The van der Waals surface area contributed by atoms with E-state index in [4.69, 9.17) is 4.74 Å². The molecule has 4 nitrogen and oxygen atoms in total. The molecule has 1 amide bonds. The topological polar surface area (TPSA) is 58.6 Å². The molecule has 4 rings (SSSR count). The number of ether oxygens (including phenoxy) is 1. The highest BCUT2D eigenvalue weighted by atomic mass is 16.5. The molecule has 4 aliphatic rings. The summed E-state index contributed by atoms with van der Waals surface area (Å²) >= 11 is 0. The first-order valence-electron chi connectivity index (χ1n) is 11.4. The van der Waals surface area contributed by atoms with Crippen molar-refractivity contribution < 1.29 is 14.6 Å². The first kappa shape index (κ1) is 21.6. The molecule has 0 spiro atoms. The zero-order valence-electron chi connectivity index (χ0n) is 19.3. The van der Waals surface area contributed by atoms with E-state index < -0.39 is 11.3 Å². The lowest BCUT2D eigenvalue weighted by molar-refractivity contribution is -0.123. The number of hydrogen-bond acceptors (Lipinski definition) is 3. The molecule has 3 aliphatic carbocycles. The van der Waals surface area contributed by atoms with Crippen LogP contribution < -0.4 is 5.32 Å². The molecule has 0 bridgehead atoms. The highest BCUT2D eigenvalue weighted by Crippen LogP contribution is 2.62. The number of allylic oxidation sites excluding steroid dienone is 7. The highest BCUT2D eigenvalue weighted by Gasteiger charge is 2.66. The van der Waals surface area contributed by atoms with Crippen molar-refractivity contribution in [2.75, 3.05) is 7.11 Å². The summed E-state index contributed by atoms with van der Waals surface area (Å²) in [6, 6.07) is 0. The molecule has 2 N–H and O–H groups in total. The third-order valence-electron chi connectivity index (χ3n) is 8.31. The smallest absolute Gasteiger partial charge is 0.249 e. The van der Waals surface area contributed by atoms with Crippen LogP contribution in [0.1, 0.15) is 60.3 Å². The molecule has 0 radical (unpaired) electrons. The van der Waals surface area contributed by atoms with Gasteiger partial charge in [0.2, 0.25) is 5.91 Å². The van der Waals surface area contributed by atoms with Gasteiger partial charge in [-0.3, -0.25) is 4.79 Å². The Labute approximate surface area is 181 Å². The van der Waals surface area contributed by atoms with Crippen LogP contribution in [0.3, 0.4) is 0 Å². The van der Waals surface area contributed by atoms with Crippen molar-refractivity contribution in [3.8, 4) is 0 Å². The molecule has 7 unspecified atom stereocenters. The standard InChI is InChI=1S/C26H37NO3/c1-16(2)8-7-9-17(3)18-12-13-24(4)14-21-22-19(10-11-20(18)24)23(28)27-26(22,30-6)15-25(21,5)29/h7-11,17-18,21-22,29H,12-15H2,1-6H3,(H,27,28). The van der Waals surface area contributed by atoms with Crippen molar-refractivity contribution in [2.24, 2.45) is 29.1 Å². The number of nitrogens with one attached hydrogen (secondary N) is 1. The van der Waals surface area contributed by atoms with E-state index >= 15 is 0 Å². The fourth-order valence-corrected chi connectivity index (χ4v) is 6.75. The SMILES string of the molecule is COC12CC(C)(O)C3CC4(C)CCC(C(C)C=CC=C(C)C)C4=CC=C(C(=O)N1)C32. The van der Waals surface area contributed by atoms with Gasteiger partial charge in [0, 0.05) is 30.9 Å². The number of methoxy groups -OCH3 is 1. The van der Waals surface area contributed by atoms with E-state index in [0.29, 0.717) is 18.3 Å². The Kier molecular flexibility index (Phi) is 5.18. The first-order valence-corrected chi connectivity index (χ1v) is 11.4. The Morgan fingerprint density at radius 3 is 2.73 bits per heavy atom. The number of carbonyl (C=O) groups is 1. The third-order valence-corrected chi connectivity index (χ3v) is 8.31. The fourth-order valence-electron chi connectivity index (χ4n) is 6.75. The fraction of sp³-hybridized carbons (Fsp3) is 0.654. The summed E-state index contributed by atoms with van der Waals surface area (Å²) < 4.78 is 5.86. The monoisotopic (exact) mass is 411 g/mol. The Morgan fingerprint density at radius 1 is 1.33 bits per heavy atom. The van der Waals surface area contributed by atoms with Gasteiger partial charge in [-0.05, 0) is 57.3 Å². The maximum absolute atomic E-state index is 12.8. The van der Waals surface area contributed by atoms with Gasteiger partial charge in [-0.1, -0.05) is 55.4 Å². The van der Waals surface area contributed by atoms with Crippen molar-refractivity contribution in [2.45, 2.75) is 71.6 Å². The summed E-state index contributed by atoms with van der Waals surface area (Å²) in [6.07, 6.45) is 14.5. The van der Waals surface area contributed by atoms with Crippen LogP contribution in [0.4, 0.5) is 0 Å². The van der Waals surface area contributed by atoms with Crippen molar-refractivity contribution >= 4 is 5.91 Å². The van der Waals surface area contributed by atoms with Crippen LogP contribution in [0.2, 0.25) is 0 Å². The van der Waals surface area contributed by atoms with Gasteiger partial charge in [-0.2, -0.15) is 0 Å². The molecule has 2 saturated carbocycles. The van der Waals surface area contributed by atoms with E-state index in [2.05, 4.69) is 57.3 Å². The molecule has 164 valence electrons. The van der Waals surface area contributed by atoms with Crippen LogP contribution in [0, 0.1) is 29.1 Å². The summed E-state index contributed by atoms with van der Waals surface area (Å²) in [5.74, 6) is 0.740. The number of hydrogen-bond donors (Lipinski definition) is 2. The predicted molar refractivity (Wildman–Crippen MR) is 119 cm³/mol. The van der Waals surface area contributed by atoms with Crippen LogP contribution in [0.15, 0.2) is 47.1 Å². The minimum Gasteiger partial charge on any atom is -0.390 e. The normalized spacial score (nSPS) is 43.3. The van der Waals surface area contributed by atoms with Gasteiger partial charge in [0.25, 0.3) is 0 Å². The van der Waals surface area contributed by atoms with Gasteiger partial charge in [-0.15, -0.1) is 0 Å². The van der Waals surface area contributed by atoms with E-state index in [1.807, 2.05) is 13.0 Å². The second-order valence-corrected chi connectivity index (χ2v) is 10.8. The van der Waals surface area contributed by atoms with Gasteiger partial charge < -0.3 is 15.2 Å². The van der Waals surface area contributed by atoms with E-state index in [-0.39, 0.29) is 23.2 Å². The molecule has 30 heavy (non-hydrogen) atoms. The van der Waals surface area contributed by atoms with Crippen LogP contribution in [-0.2, 0) is 9.53 Å². The molecule has 4 heteroatoms. The summed E-state index contributed by atoms with van der Waals surface area (Å²) in [6.45, 7) is 10.8. The summed E-state index contributed by atoms with van der Waals surface area (Å²) in [5.41, 5.74) is 1.90. The van der Waals surface area contributed by atoms with Gasteiger partial charge in [0.15, 0.2) is 5.72 Å². The lowest BCUT2D eigenvalue weighted by Crippen LogP contribution is -2.46. The molecule has 3 fully saturated rings. The number of rotatable bonds is 4. The molecule has 7 atom stereocenters. The average Bonchev–Trinajstić information content (AvgIpc) is 3.16. The molecule has 1 saturated heterocycles. The zero-order chi connectivity index (χ0) is 21.9. The van der Waals surface area contributed by atoms with Gasteiger partial charge in [0.05, 0.1) is 5.60 Å². The van der Waals surface area contributed by atoms with Crippen molar-refractivity contribution in [3.05, 3.63) is 47.1 Å². The summed E-state index contributed by atoms with van der Waals surface area (Å²) in [4.78, 5) is 12.8. The van der Waals surface area contributed by atoms with Crippen LogP contribution >= 0.6 is 0 Å². The Morgan fingerprint density at radius 2 is 2.07 bits per heavy atom. The minimum atomic E-state index is -0.869. The Bertz CT molecular complexity index is 860. The van der Waals surface area contributed by atoms with Crippen molar-refractivity contribution in [1.29, 1.82) is 0 Å². The molecular weight excluding hydrogens is 374 g/mol. The minimum absolute atomic E-state index is 0.00776. The predicted octanol–water partition coefficient (Wildman–Crippen LogP) is 4.68. The number of carbonyl (C=O) groups excluding carboxylic acids is 1. The van der Waals surface area contributed by atoms with Gasteiger partial charge in [-0.25, -0.2) is 0 Å². The number of amides is 1. The van der Waals surface area contributed by atoms with Crippen molar-refractivity contribution in [1.82, 2.24) is 5.32 Å². The summed E-state index contributed by atoms with van der Waals surface area (Å²) in [5, 5.41) is 14.5. The number of fused-ring (bicyclic) bond motifs is 1. The maximum atomic E-state index is 12.8. The van der Waals surface area contributed by atoms with Crippen LogP contribution in [-0.4, -0.2) is 29.4 Å². The summed E-state index contributed by atoms with van der Waals surface area (Å²) in [7, 11) is 1.65. The largest absolute Gasteiger partial charge is 0.390 e. The van der Waals surface area contributed by atoms with E-state index in [0.717, 1.165) is 24.8 Å². The Hall–Kier alpha value is -1.65.